The van der Waals surface area contributed by atoms with Crippen LogP contribution in [0.5, 0.6) is 0 Å². The zero-order chi connectivity index (χ0) is 19.7. The van der Waals surface area contributed by atoms with Crippen LogP contribution in [0.25, 0.3) is 0 Å². The maximum atomic E-state index is 13.0. The molecule has 0 spiro atoms. The van der Waals surface area contributed by atoms with E-state index in [2.05, 4.69) is 0 Å². The predicted octanol–water partition coefficient (Wildman–Crippen LogP) is 1.19. The van der Waals surface area contributed by atoms with Crippen LogP contribution in [0.1, 0.15) is 11.1 Å². The minimum absolute atomic E-state index is 0.00727. The minimum Gasteiger partial charge on any atom is -0.272 e. The summed E-state index contributed by atoms with van der Waals surface area (Å²) in [6.07, 6.45) is 1.08. The summed E-state index contributed by atoms with van der Waals surface area (Å²) in [6, 6.07) is 17.0. The highest BCUT2D eigenvalue weighted by atomic mass is 32.2. The summed E-state index contributed by atoms with van der Waals surface area (Å²) in [5, 5.41) is 0. The molecule has 1 aliphatic rings. The smallest absolute Gasteiger partial charge is 0.272 e. The minimum atomic E-state index is -4.24. The average molecular weight is 409 g/mol. The van der Waals surface area contributed by atoms with Crippen LogP contribution in [0, 0.1) is 0 Å². The Bertz CT molecular complexity index is 1020. The molecule has 1 heterocycles. The predicted molar refractivity (Wildman–Crippen MR) is 101 cm³/mol. The topological polar surface area (TPSA) is 91.8 Å². The van der Waals surface area contributed by atoms with Gasteiger partial charge >= 0.3 is 10.2 Å². The molecule has 1 fully saturated rings. The van der Waals surface area contributed by atoms with E-state index in [1.807, 2.05) is 12.1 Å². The Morgan fingerprint density at radius 1 is 0.926 bits per heavy atom. The van der Waals surface area contributed by atoms with Crippen LogP contribution < -0.4 is 0 Å². The van der Waals surface area contributed by atoms with E-state index in [1.165, 1.54) is 0 Å². The van der Waals surface area contributed by atoms with Gasteiger partial charge in [-0.2, -0.15) is 12.7 Å². The van der Waals surface area contributed by atoms with Gasteiger partial charge in [0.1, 0.15) is 11.9 Å². The third-order valence-electron chi connectivity index (χ3n) is 4.26. The van der Waals surface area contributed by atoms with E-state index in [4.69, 9.17) is 0 Å². The van der Waals surface area contributed by atoms with Crippen LogP contribution in [0.2, 0.25) is 0 Å². The first-order chi connectivity index (χ1) is 12.7. The van der Waals surface area contributed by atoms with Crippen molar-refractivity contribution in [3.63, 3.8) is 0 Å². The second kappa shape index (κ2) is 7.41. The van der Waals surface area contributed by atoms with Crippen LogP contribution in [0.15, 0.2) is 60.7 Å². The van der Waals surface area contributed by atoms with E-state index < -0.39 is 37.9 Å². The number of amides is 1. The second-order valence-corrected chi connectivity index (χ2v) is 10.4. The van der Waals surface area contributed by atoms with Gasteiger partial charge in [0.2, 0.25) is 0 Å². The van der Waals surface area contributed by atoms with Crippen molar-refractivity contribution in [2.75, 3.05) is 12.1 Å². The molecule has 0 aromatic heterocycles. The molecule has 7 nitrogen and oxygen atoms in total. The molecular weight excluding hydrogens is 388 g/mol. The van der Waals surface area contributed by atoms with E-state index in [0.717, 1.165) is 16.1 Å². The van der Waals surface area contributed by atoms with Crippen molar-refractivity contribution in [3.05, 3.63) is 71.8 Å². The standard InChI is InChI=1S/C18H20N2O5S2/c1-26(22,23)14-20-18(21)17(12-15-8-4-2-5-9-15)19(27(20,24)25)13-16-10-6-3-7-11-16/h2-11,17H,12-14H2,1H3. The third kappa shape index (κ3) is 4.37. The van der Waals surface area contributed by atoms with Crippen molar-refractivity contribution in [2.45, 2.75) is 19.0 Å². The Morgan fingerprint density at radius 2 is 1.44 bits per heavy atom. The highest BCUT2D eigenvalue weighted by Crippen LogP contribution is 2.29. The largest absolute Gasteiger partial charge is 0.308 e. The first kappa shape index (κ1) is 19.5. The van der Waals surface area contributed by atoms with Gasteiger partial charge in [-0.05, 0) is 17.5 Å². The highest BCUT2D eigenvalue weighted by Gasteiger charge is 2.51. The molecule has 1 unspecified atom stereocenters. The molecule has 3 rings (SSSR count). The lowest BCUT2D eigenvalue weighted by atomic mass is 10.0. The van der Waals surface area contributed by atoms with Crippen LogP contribution in [0.4, 0.5) is 0 Å². The number of nitrogens with zero attached hydrogens (tertiary/aromatic N) is 2. The summed E-state index contributed by atoms with van der Waals surface area (Å²) in [6.45, 7) is -0.00727. The first-order valence-corrected chi connectivity index (χ1v) is 11.7. The van der Waals surface area contributed by atoms with Crippen molar-refractivity contribution in [1.29, 1.82) is 0 Å². The highest BCUT2D eigenvalue weighted by molar-refractivity contribution is 7.92. The zero-order valence-electron chi connectivity index (χ0n) is 14.7. The van der Waals surface area contributed by atoms with Gasteiger partial charge in [0.25, 0.3) is 5.91 Å². The molecule has 9 heteroatoms. The van der Waals surface area contributed by atoms with Crippen molar-refractivity contribution in [2.24, 2.45) is 0 Å². The van der Waals surface area contributed by atoms with Gasteiger partial charge in [-0.15, -0.1) is 0 Å². The second-order valence-electron chi connectivity index (χ2n) is 6.49. The van der Waals surface area contributed by atoms with Gasteiger partial charge in [-0.3, -0.25) is 4.79 Å². The fraction of sp³-hybridized carbons (Fsp3) is 0.278. The molecule has 0 N–H and O–H groups in total. The molecule has 0 saturated carbocycles. The van der Waals surface area contributed by atoms with Crippen molar-refractivity contribution in [1.82, 2.24) is 8.61 Å². The monoisotopic (exact) mass is 408 g/mol. The molecule has 0 aliphatic carbocycles. The number of rotatable bonds is 6. The number of carbonyl (C=O) groups excluding carboxylic acids is 1. The summed E-state index contributed by atoms with van der Waals surface area (Å²) in [5.74, 6) is -1.58. The van der Waals surface area contributed by atoms with Gasteiger partial charge in [0.15, 0.2) is 9.84 Å². The average Bonchev–Trinajstić information content (AvgIpc) is 2.77. The van der Waals surface area contributed by atoms with E-state index in [-0.39, 0.29) is 13.0 Å². The molecule has 0 bridgehead atoms. The summed E-state index contributed by atoms with van der Waals surface area (Å²) in [7, 11) is -7.94. The molecule has 1 saturated heterocycles. The van der Waals surface area contributed by atoms with Crippen LogP contribution in [-0.2, 0) is 37.8 Å². The molecule has 27 heavy (non-hydrogen) atoms. The third-order valence-corrected chi connectivity index (χ3v) is 6.99. The van der Waals surface area contributed by atoms with E-state index in [0.29, 0.717) is 9.87 Å². The number of hydrogen-bond donors (Lipinski definition) is 0. The lowest BCUT2D eigenvalue weighted by Crippen LogP contribution is -2.37. The summed E-state index contributed by atoms with van der Waals surface area (Å²) in [4.78, 5) is 12.8. The van der Waals surface area contributed by atoms with Crippen molar-refractivity contribution < 1.29 is 21.6 Å². The van der Waals surface area contributed by atoms with Gasteiger partial charge in [-0.1, -0.05) is 60.7 Å². The normalized spacial score (nSPS) is 20.1. The number of sulfone groups is 1. The number of carbonyl (C=O) groups is 1. The summed E-state index contributed by atoms with van der Waals surface area (Å²) < 4.78 is 50.8. The molecule has 1 aliphatic heterocycles. The maximum Gasteiger partial charge on any atom is 0.308 e. The lowest BCUT2D eigenvalue weighted by Gasteiger charge is -2.21. The molecule has 1 atom stereocenters. The van der Waals surface area contributed by atoms with Crippen LogP contribution >= 0.6 is 0 Å². The Balaban J connectivity index is 1.99. The van der Waals surface area contributed by atoms with E-state index >= 15 is 0 Å². The van der Waals surface area contributed by atoms with Crippen molar-refractivity contribution in [3.8, 4) is 0 Å². The van der Waals surface area contributed by atoms with Crippen LogP contribution in [-0.4, -0.2) is 49.5 Å². The Hall–Kier alpha value is -2.23. The quantitative estimate of drug-likeness (QED) is 0.716. The molecule has 0 radical (unpaired) electrons. The van der Waals surface area contributed by atoms with Gasteiger partial charge in [0, 0.05) is 12.8 Å². The van der Waals surface area contributed by atoms with Gasteiger partial charge in [0.05, 0.1) is 0 Å². The van der Waals surface area contributed by atoms with E-state index in [9.17, 15) is 21.6 Å². The maximum absolute atomic E-state index is 13.0. The Morgan fingerprint density at radius 3 is 1.96 bits per heavy atom. The summed E-state index contributed by atoms with van der Waals surface area (Å²) in [5.41, 5.74) is 1.51. The molecule has 1 amide bonds. The van der Waals surface area contributed by atoms with Gasteiger partial charge < -0.3 is 0 Å². The number of benzene rings is 2. The molecule has 144 valence electrons. The fourth-order valence-electron chi connectivity index (χ4n) is 3.02. The number of hydrogen-bond acceptors (Lipinski definition) is 5. The van der Waals surface area contributed by atoms with Crippen molar-refractivity contribution >= 4 is 26.0 Å². The zero-order valence-corrected chi connectivity index (χ0v) is 16.4. The van der Waals surface area contributed by atoms with Gasteiger partial charge in [-0.25, -0.2) is 12.7 Å². The molecular formula is C18H20N2O5S2. The Kier molecular flexibility index (Phi) is 5.36. The first-order valence-electron chi connectivity index (χ1n) is 8.27. The SMILES string of the molecule is CS(=O)(=O)CN1C(=O)C(Cc2ccccc2)N(Cc2ccccc2)S1(=O)=O. The van der Waals surface area contributed by atoms with E-state index in [1.54, 1.807) is 48.5 Å². The lowest BCUT2D eigenvalue weighted by molar-refractivity contribution is -0.127. The van der Waals surface area contributed by atoms with Crippen LogP contribution in [0.3, 0.4) is 0 Å². The fourth-order valence-corrected chi connectivity index (χ4v) is 6.08. The Labute approximate surface area is 159 Å². The molecule has 2 aromatic carbocycles. The molecule has 2 aromatic rings. The summed E-state index contributed by atoms with van der Waals surface area (Å²) >= 11 is 0.